The molecule has 0 radical (unpaired) electrons. The molecule has 1 heterocycles. The molecule has 2 atom stereocenters. The highest BCUT2D eigenvalue weighted by Crippen LogP contribution is 2.22. The summed E-state index contributed by atoms with van der Waals surface area (Å²) in [5.74, 6) is 0.334. The molecule has 2 rings (SSSR count). The van der Waals surface area contributed by atoms with Gasteiger partial charge in [-0.2, -0.15) is 0 Å². The first-order valence-electron chi connectivity index (χ1n) is 6.57. The van der Waals surface area contributed by atoms with Gasteiger partial charge in [-0.15, -0.1) is 0 Å². The molecule has 1 aromatic heterocycles. The lowest BCUT2D eigenvalue weighted by molar-refractivity contribution is -0.119. The molecule has 1 fully saturated rings. The number of hydrogen-bond donors (Lipinski definition) is 2. The molecule has 1 saturated carbocycles. The number of nitrogens with one attached hydrogen (secondary N) is 2. The molecule has 104 valence electrons. The van der Waals surface area contributed by atoms with Gasteiger partial charge in [-0.05, 0) is 32.6 Å². The second-order valence-corrected chi connectivity index (χ2v) is 5.02. The minimum Gasteiger partial charge on any atom is -0.365 e. The summed E-state index contributed by atoms with van der Waals surface area (Å²) < 4.78 is 13.6. The molecule has 1 aliphatic carbocycles. The van der Waals surface area contributed by atoms with Gasteiger partial charge >= 0.3 is 0 Å². The molecule has 6 heteroatoms. The SMILES string of the molecule is CC(=O)N[C@H]1CCC[C@@H](Nc2nc(C)ncc2F)C1. The standard InChI is InChI=1S/C13H19FN4O/c1-8-15-7-12(14)13(16-8)18-11-5-3-4-10(6-11)17-9(2)19/h7,10-11H,3-6H2,1-2H3,(H,17,19)(H,15,16,18)/t10-,11+/m0/s1. The molecule has 0 saturated heterocycles. The van der Waals surface area contributed by atoms with Crippen LogP contribution in [0.4, 0.5) is 10.2 Å². The molecule has 1 amide bonds. The molecule has 2 N–H and O–H groups in total. The third-order valence-electron chi connectivity index (χ3n) is 3.29. The van der Waals surface area contributed by atoms with E-state index in [0.717, 1.165) is 25.7 Å². The Morgan fingerprint density at radius 2 is 2.16 bits per heavy atom. The highest BCUT2D eigenvalue weighted by molar-refractivity contribution is 5.73. The number of aromatic nitrogens is 2. The number of carbonyl (C=O) groups is 1. The third kappa shape index (κ3) is 3.87. The van der Waals surface area contributed by atoms with Crippen LogP contribution in [-0.2, 0) is 4.79 Å². The summed E-state index contributed by atoms with van der Waals surface area (Å²) in [6, 6.07) is 0.296. The van der Waals surface area contributed by atoms with Gasteiger partial charge in [0.15, 0.2) is 11.6 Å². The van der Waals surface area contributed by atoms with E-state index < -0.39 is 5.82 Å². The Hall–Kier alpha value is -1.72. The molecule has 0 bridgehead atoms. The number of anilines is 1. The average Bonchev–Trinajstić information content (AvgIpc) is 2.33. The largest absolute Gasteiger partial charge is 0.365 e. The van der Waals surface area contributed by atoms with Crippen molar-refractivity contribution < 1.29 is 9.18 Å². The molecule has 0 aromatic carbocycles. The van der Waals surface area contributed by atoms with Gasteiger partial charge < -0.3 is 10.6 Å². The number of aryl methyl sites for hydroxylation is 1. The summed E-state index contributed by atoms with van der Waals surface area (Å²) >= 11 is 0. The van der Waals surface area contributed by atoms with Crippen molar-refractivity contribution in [3.8, 4) is 0 Å². The molecule has 1 aliphatic rings. The third-order valence-corrected chi connectivity index (χ3v) is 3.29. The highest BCUT2D eigenvalue weighted by Gasteiger charge is 2.23. The van der Waals surface area contributed by atoms with Gasteiger partial charge in [0.1, 0.15) is 5.82 Å². The van der Waals surface area contributed by atoms with E-state index in [9.17, 15) is 9.18 Å². The van der Waals surface area contributed by atoms with Gasteiger partial charge in [0.05, 0.1) is 6.20 Å². The van der Waals surface area contributed by atoms with E-state index in [-0.39, 0.29) is 23.8 Å². The van der Waals surface area contributed by atoms with Crippen molar-refractivity contribution in [2.24, 2.45) is 0 Å². The van der Waals surface area contributed by atoms with E-state index in [1.54, 1.807) is 6.92 Å². The Bertz CT molecular complexity index is 466. The maximum atomic E-state index is 13.6. The summed E-state index contributed by atoms with van der Waals surface area (Å²) in [5.41, 5.74) is 0. The predicted octanol–water partition coefficient (Wildman–Crippen LogP) is 1.78. The maximum Gasteiger partial charge on any atom is 0.217 e. The molecular weight excluding hydrogens is 247 g/mol. The lowest BCUT2D eigenvalue weighted by Crippen LogP contribution is -2.41. The van der Waals surface area contributed by atoms with Crippen LogP contribution in [0, 0.1) is 12.7 Å². The summed E-state index contributed by atoms with van der Waals surface area (Å²) in [5, 5.41) is 6.03. The van der Waals surface area contributed by atoms with Crippen molar-refractivity contribution in [2.45, 2.75) is 51.6 Å². The average molecular weight is 266 g/mol. The normalized spacial score (nSPS) is 22.9. The molecule has 0 spiro atoms. The van der Waals surface area contributed by atoms with Crippen molar-refractivity contribution in [3.63, 3.8) is 0 Å². The van der Waals surface area contributed by atoms with Gasteiger partial charge in [0, 0.05) is 19.0 Å². The second-order valence-electron chi connectivity index (χ2n) is 5.02. The molecular formula is C13H19FN4O. The van der Waals surface area contributed by atoms with Gasteiger partial charge in [-0.3, -0.25) is 4.79 Å². The first-order chi connectivity index (χ1) is 9.04. The molecule has 0 unspecified atom stereocenters. The Morgan fingerprint density at radius 1 is 1.42 bits per heavy atom. The van der Waals surface area contributed by atoms with Crippen LogP contribution in [0.15, 0.2) is 6.20 Å². The second kappa shape index (κ2) is 5.95. The first kappa shape index (κ1) is 13.7. The molecule has 19 heavy (non-hydrogen) atoms. The summed E-state index contributed by atoms with van der Waals surface area (Å²) in [6.07, 6.45) is 4.91. The summed E-state index contributed by atoms with van der Waals surface area (Å²) in [6.45, 7) is 3.25. The Kier molecular flexibility index (Phi) is 4.29. The zero-order valence-electron chi connectivity index (χ0n) is 11.2. The molecule has 1 aromatic rings. The van der Waals surface area contributed by atoms with Crippen LogP contribution in [0.3, 0.4) is 0 Å². The van der Waals surface area contributed by atoms with Crippen LogP contribution >= 0.6 is 0 Å². The predicted molar refractivity (Wildman–Crippen MR) is 70.2 cm³/mol. The lowest BCUT2D eigenvalue weighted by Gasteiger charge is -2.30. The zero-order chi connectivity index (χ0) is 13.8. The van der Waals surface area contributed by atoms with Crippen LogP contribution in [0.25, 0.3) is 0 Å². The van der Waals surface area contributed by atoms with E-state index in [0.29, 0.717) is 5.82 Å². The van der Waals surface area contributed by atoms with Crippen molar-refractivity contribution in [1.29, 1.82) is 0 Å². The number of hydrogen-bond acceptors (Lipinski definition) is 4. The highest BCUT2D eigenvalue weighted by atomic mass is 19.1. The minimum atomic E-state index is -0.438. The Balaban J connectivity index is 1.98. The topological polar surface area (TPSA) is 66.9 Å². The number of nitrogens with zero attached hydrogens (tertiary/aromatic N) is 2. The quantitative estimate of drug-likeness (QED) is 0.875. The van der Waals surface area contributed by atoms with Crippen molar-refractivity contribution in [1.82, 2.24) is 15.3 Å². The van der Waals surface area contributed by atoms with E-state index in [1.165, 1.54) is 13.1 Å². The zero-order valence-corrected chi connectivity index (χ0v) is 11.2. The van der Waals surface area contributed by atoms with Gasteiger partial charge in [0.25, 0.3) is 0 Å². The van der Waals surface area contributed by atoms with Crippen LogP contribution in [-0.4, -0.2) is 28.0 Å². The van der Waals surface area contributed by atoms with Crippen LogP contribution in [0.5, 0.6) is 0 Å². The lowest BCUT2D eigenvalue weighted by atomic mass is 9.91. The van der Waals surface area contributed by atoms with Crippen molar-refractivity contribution in [3.05, 3.63) is 17.8 Å². The van der Waals surface area contributed by atoms with E-state index >= 15 is 0 Å². The fourth-order valence-electron chi connectivity index (χ4n) is 2.49. The number of carbonyl (C=O) groups excluding carboxylic acids is 1. The Morgan fingerprint density at radius 3 is 2.89 bits per heavy atom. The Labute approximate surface area is 112 Å². The van der Waals surface area contributed by atoms with E-state index in [1.807, 2.05) is 0 Å². The molecule has 5 nitrogen and oxygen atoms in total. The number of rotatable bonds is 3. The fraction of sp³-hybridized carbons (Fsp3) is 0.615. The summed E-state index contributed by atoms with van der Waals surface area (Å²) in [7, 11) is 0. The monoisotopic (exact) mass is 266 g/mol. The van der Waals surface area contributed by atoms with Gasteiger partial charge in [-0.1, -0.05) is 0 Å². The molecule has 0 aliphatic heterocycles. The smallest absolute Gasteiger partial charge is 0.217 e. The van der Waals surface area contributed by atoms with E-state index in [4.69, 9.17) is 0 Å². The maximum absolute atomic E-state index is 13.6. The van der Waals surface area contributed by atoms with Crippen molar-refractivity contribution >= 4 is 11.7 Å². The number of amides is 1. The fourth-order valence-corrected chi connectivity index (χ4v) is 2.49. The van der Waals surface area contributed by atoms with Crippen molar-refractivity contribution in [2.75, 3.05) is 5.32 Å². The number of halogens is 1. The van der Waals surface area contributed by atoms with Crippen LogP contribution in [0.1, 0.15) is 38.4 Å². The van der Waals surface area contributed by atoms with Crippen LogP contribution < -0.4 is 10.6 Å². The van der Waals surface area contributed by atoms with Crippen LogP contribution in [0.2, 0.25) is 0 Å². The summed E-state index contributed by atoms with van der Waals surface area (Å²) in [4.78, 5) is 18.9. The van der Waals surface area contributed by atoms with Gasteiger partial charge in [0.2, 0.25) is 5.91 Å². The first-order valence-corrected chi connectivity index (χ1v) is 6.57. The minimum absolute atomic E-state index is 0.0188. The van der Waals surface area contributed by atoms with Gasteiger partial charge in [-0.25, -0.2) is 14.4 Å². The van der Waals surface area contributed by atoms with E-state index in [2.05, 4.69) is 20.6 Å².